The van der Waals surface area contributed by atoms with Crippen LogP contribution in [0.1, 0.15) is 25.0 Å². The first-order chi connectivity index (χ1) is 20.4. The first-order valence-corrected chi connectivity index (χ1v) is 14.0. The third-order valence-corrected chi connectivity index (χ3v) is 6.57. The monoisotopic (exact) mass is 565 g/mol. The number of hydrogen-bond donors (Lipinski definition) is 2. The summed E-state index contributed by atoms with van der Waals surface area (Å²) in [6, 6.07) is 32.1. The van der Waals surface area contributed by atoms with Gasteiger partial charge in [0.25, 0.3) is 0 Å². The molecule has 5 aromatic rings. The van der Waals surface area contributed by atoms with E-state index in [9.17, 15) is 9.90 Å². The second-order valence-corrected chi connectivity index (χ2v) is 10.4. The molecule has 0 spiro atoms. The number of hydrogen-bond acceptors (Lipinski definition) is 7. The maximum absolute atomic E-state index is 13.1. The molecule has 5 rings (SSSR count). The van der Waals surface area contributed by atoms with E-state index in [2.05, 4.69) is 5.32 Å². The fourth-order valence-corrected chi connectivity index (χ4v) is 4.35. The van der Waals surface area contributed by atoms with Crippen molar-refractivity contribution in [3.8, 4) is 28.6 Å². The Kier molecular flexibility index (Phi) is 9.54. The maximum Gasteiger partial charge on any atom is 0.193 e. The van der Waals surface area contributed by atoms with E-state index in [1.807, 2.05) is 92.7 Å². The van der Waals surface area contributed by atoms with Gasteiger partial charge in [0.15, 0.2) is 5.43 Å². The minimum absolute atomic E-state index is 0.109. The SMILES string of the molecule is CC(C)NC[C@H](O)COc1ccc2c(=O)cc(-c3cc(OCc4ccccc4)cc(OCc4ccccc4)c3)oc2c1. The molecule has 216 valence electrons. The first-order valence-electron chi connectivity index (χ1n) is 14.0. The van der Waals surface area contributed by atoms with Crippen LogP contribution in [0.3, 0.4) is 0 Å². The third-order valence-electron chi connectivity index (χ3n) is 6.57. The molecule has 0 saturated carbocycles. The Balaban J connectivity index is 1.41. The van der Waals surface area contributed by atoms with Crippen LogP contribution in [0.5, 0.6) is 17.2 Å². The van der Waals surface area contributed by atoms with Gasteiger partial charge in [0.05, 0.1) is 5.39 Å². The lowest BCUT2D eigenvalue weighted by Crippen LogP contribution is -2.35. The molecule has 0 bridgehead atoms. The van der Waals surface area contributed by atoms with Crippen molar-refractivity contribution >= 4 is 11.0 Å². The van der Waals surface area contributed by atoms with Gasteiger partial charge >= 0.3 is 0 Å². The van der Waals surface area contributed by atoms with Gasteiger partial charge in [-0.05, 0) is 35.4 Å². The van der Waals surface area contributed by atoms with E-state index in [1.165, 1.54) is 6.07 Å². The Labute approximate surface area is 245 Å². The van der Waals surface area contributed by atoms with Crippen LogP contribution in [0.2, 0.25) is 0 Å². The minimum Gasteiger partial charge on any atom is -0.491 e. The van der Waals surface area contributed by atoms with Gasteiger partial charge in [-0.25, -0.2) is 0 Å². The van der Waals surface area contributed by atoms with Gasteiger partial charge in [0.2, 0.25) is 0 Å². The number of rotatable bonds is 13. The van der Waals surface area contributed by atoms with Gasteiger partial charge in [0.1, 0.15) is 54.5 Å². The molecule has 4 aromatic carbocycles. The van der Waals surface area contributed by atoms with Crippen LogP contribution in [-0.2, 0) is 13.2 Å². The topological polar surface area (TPSA) is 90.2 Å². The molecule has 1 atom stereocenters. The van der Waals surface area contributed by atoms with E-state index < -0.39 is 6.10 Å². The van der Waals surface area contributed by atoms with Crippen LogP contribution in [0.25, 0.3) is 22.3 Å². The lowest BCUT2D eigenvalue weighted by molar-refractivity contribution is 0.104. The molecule has 0 radical (unpaired) electrons. The lowest BCUT2D eigenvalue weighted by Gasteiger charge is -2.15. The molecule has 7 nitrogen and oxygen atoms in total. The molecule has 0 aliphatic rings. The van der Waals surface area contributed by atoms with E-state index in [1.54, 1.807) is 18.2 Å². The average Bonchev–Trinajstić information content (AvgIpc) is 3.01. The van der Waals surface area contributed by atoms with Crippen molar-refractivity contribution < 1.29 is 23.7 Å². The lowest BCUT2D eigenvalue weighted by atomic mass is 10.1. The van der Waals surface area contributed by atoms with Crippen LogP contribution < -0.4 is 25.0 Å². The van der Waals surface area contributed by atoms with Gasteiger partial charge < -0.3 is 29.1 Å². The summed E-state index contributed by atoms with van der Waals surface area (Å²) in [5.74, 6) is 2.05. The van der Waals surface area contributed by atoms with Gasteiger partial charge in [0, 0.05) is 36.3 Å². The standard InChI is InChI=1S/C35H35NO6/c1-24(2)36-20-28(37)23-41-29-13-14-32-33(38)19-34(42-35(32)18-29)27-15-30(39-21-25-9-5-3-6-10-25)17-31(16-27)40-22-26-11-7-4-8-12-26/h3-19,24,28,36-37H,20-23H2,1-2H3/t28-/m0/s1. The molecule has 2 N–H and O–H groups in total. The number of fused-ring (bicyclic) bond motifs is 1. The average molecular weight is 566 g/mol. The molecule has 7 heteroatoms. The van der Waals surface area contributed by atoms with Gasteiger partial charge in [-0.2, -0.15) is 0 Å². The molecule has 0 fully saturated rings. The third kappa shape index (κ3) is 8.00. The summed E-state index contributed by atoms with van der Waals surface area (Å²) in [7, 11) is 0. The van der Waals surface area contributed by atoms with Crippen LogP contribution in [0, 0.1) is 0 Å². The predicted octanol–water partition coefficient (Wildman–Crippen LogP) is 6.36. The molecule has 0 aliphatic heterocycles. The smallest absolute Gasteiger partial charge is 0.193 e. The van der Waals surface area contributed by atoms with Crippen molar-refractivity contribution in [2.75, 3.05) is 13.2 Å². The van der Waals surface area contributed by atoms with Gasteiger partial charge in [-0.3, -0.25) is 4.79 Å². The zero-order valence-corrected chi connectivity index (χ0v) is 23.8. The summed E-state index contributed by atoms with van der Waals surface area (Å²) in [5, 5.41) is 13.8. The quantitative estimate of drug-likeness (QED) is 0.172. The molecule has 42 heavy (non-hydrogen) atoms. The van der Waals surface area contributed by atoms with Crippen LogP contribution in [0.15, 0.2) is 112 Å². The zero-order valence-electron chi connectivity index (χ0n) is 23.8. The van der Waals surface area contributed by atoms with Gasteiger partial charge in [-0.15, -0.1) is 0 Å². The Morgan fingerprint density at radius 3 is 1.95 bits per heavy atom. The highest BCUT2D eigenvalue weighted by molar-refractivity contribution is 5.80. The molecule has 1 heterocycles. The number of aliphatic hydroxyl groups is 1. The van der Waals surface area contributed by atoms with Crippen LogP contribution in [0.4, 0.5) is 0 Å². The predicted molar refractivity (Wildman–Crippen MR) is 164 cm³/mol. The van der Waals surface area contributed by atoms with Crippen molar-refractivity contribution in [1.82, 2.24) is 5.32 Å². The van der Waals surface area contributed by atoms with E-state index >= 15 is 0 Å². The molecular formula is C35H35NO6. The summed E-state index contributed by atoms with van der Waals surface area (Å²) >= 11 is 0. The van der Waals surface area contributed by atoms with E-state index in [0.717, 1.165) is 11.1 Å². The number of benzene rings is 4. The zero-order chi connectivity index (χ0) is 29.3. The molecule has 0 amide bonds. The fourth-order valence-electron chi connectivity index (χ4n) is 4.35. The largest absolute Gasteiger partial charge is 0.491 e. The minimum atomic E-state index is -0.672. The van der Waals surface area contributed by atoms with Crippen molar-refractivity contribution in [3.63, 3.8) is 0 Å². The summed E-state index contributed by atoms with van der Waals surface area (Å²) < 4.78 is 24.3. The van der Waals surface area contributed by atoms with Crippen molar-refractivity contribution in [2.45, 2.75) is 39.2 Å². The maximum atomic E-state index is 13.1. The number of aliphatic hydroxyl groups excluding tert-OH is 1. The molecule has 1 aromatic heterocycles. The Morgan fingerprint density at radius 2 is 1.36 bits per heavy atom. The molecule has 0 saturated heterocycles. The number of nitrogens with one attached hydrogen (secondary N) is 1. The highest BCUT2D eigenvalue weighted by atomic mass is 16.5. The molecule has 0 aliphatic carbocycles. The summed E-state index contributed by atoms with van der Waals surface area (Å²) in [6.07, 6.45) is -0.672. The first kappa shape index (κ1) is 28.9. The van der Waals surface area contributed by atoms with Crippen LogP contribution >= 0.6 is 0 Å². The second kappa shape index (κ2) is 13.9. The highest BCUT2D eigenvalue weighted by Gasteiger charge is 2.13. The second-order valence-electron chi connectivity index (χ2n) is 10.4. The van der Waals surface area contributed by atoms with E-state index in [4.69, 9.17) is 18.6 Å². The Bertz CT molecular complexity index is 1590. The fraction of sp³-hybridized carbons (Fsp3) is 0.229. The van der Waals surface area contributed by atoms with E-state index in [0.29, 0.717) is 59.3 Å². The van der Waals surface area contributed by atoms with Gasteiger partial charge in [-0.1, -0.05) is 74.5 Å². The van der Waals surface area contributed by atoms with Crippen molar-refractivity contribution in [2.24, 2.45) is 0 Å². The van der Waals surface area contributed by atoms with Crippen molar-refractivity contribution in [3.05, 3.63) is 124 Å². The summed E-state index contributed by atoms with van der Waals surface area (Å²) in [5.41, 5.74) is 2.91. The Hall–Kier alpha value is -4.59. The van der Waals surface area contributed by atoms with E-state index in [-0.39, 0.29) is 18.1 Å². The van der Waals surface area contributed by atoms with Crippen LogP contribution in [-0.4, -0.2) is 30.4 Å². The molecule has 0 unspecified atom stereocenters. The molecular weight excluding hydrogens is 530 g/mol. The van der Waals surface area contributed by atoms with Crippen molar-refractivity contribution in [1.29, 1.82) is 0 Å². The Morgan fingerprint density at radius 1 is 0.738 bits per heavy atom. The highest BCUT2D eigenvalue weighted by Crippen LogP contribution is 2.32. The summed E-state index contributed by atoms with van der Waals surface area (Å²) in [4.78, 5) is 13.1. The normalized spacial score (nSPS) is 11.9. The summed E-state index contributed by atoms with van der Waals surface area (Å²) in [6.45, 7) is 5.31. The number of ether oxygens (including phenoxy) is 3.